The summed E-state index contributed by atoms with van der Waals surface area (Å²) in [6.07, 6.45) is 0. The van der Waals surface area contributed by atoms with Crippen LogP contribution in [-0.4, -0.2) is 34.1 Å². The second-order valence-corrected chi connectivity index (χ2v) is 5.82. The molecule has 7 heteroatoms. The number of amides is 2. The Bertz CT molecular complexity index is 534. The molecule has 0 aliphatic rings. The quantitative estimate of drug-likeness (QED) is 0.771. The molecule has 2 N–H and O–H groups in total. The molecule has 20 heavy (non-hydrogen) atoms. The number of hydrogen-bond acceptors (Lipinski definition) is 2. The zero-order valence-corrected chi connectivity index (χ0v) is 13.6. The summed E-state index contributed by atoms with van der Waals surface area (Å²) < 4.78 is 13.5. The molecule has 0 saturated heterocycles. The second kappa shape index (κ2) is 6.38. The van der Waals surface area contributed by atoms with Crippen LogP contribution >= 0.6 is 22.6 Å². The standard InChI is InChI=1S/C13H16FIN2O3/c1-4-17(13(2,3)11(18)19)12(20)16-10-6-5-8(14)7-9(10)15/h5-7H,4H2,1-3H3,(H,16,20)(H,18,19). The molecule has 0 bridgehead atoms. The summed E-state index contributed by atoms with van der Waals surface area (Å²) >= 11 is 1.90. The number of halogens is 2. The minimum atomic E-state index is -1.33. The van der Waals surface area contributed by atoms with Gasteiger partial charge in [0.25, 0.3) is 0 Å². The number of aliphatic carboxylic acids is 1. The number of likely N-dealkylation sites (N-methyl/N-ethyl adjacent to an activating group) is 1. The van der Waals surface area contributed by atoms with E-state index in [-0.39, 0.29) is 6.54 Å². The van der Waals surface area contributed by atoms with Gasteiger partial charge in [0, 0.05) is 10.1 Å². The maximum absolute atomic E-state index is 13.0. The van der Waals surface area contributed by atoms with E-state index in [1.54, 1.807) is 6.92 Å². The number of carbonyl (C=O) groups is 2. The van der Waals surface area contributed by atoms with E-state index in [0.29, 0.717) is 9.26 Å². The van der Waals surface area contributed by atoms with Gasteiger partial charge in [0.15, 0.2) is 0 Å². The molecule has 0 atom stereocenters. The fourth-order valence-electron chi connectivity index (χ4n) is 1.68. The number of nitrogens with zero attached hydrogens (tertiary/aromatic N) is 1. The fraction of sp³-hybridized carbons (Fsp3) is 0.385. The van der Waals surface area contributed by atoms with E-state index in [4.69, 9.17) is 0 Å². The van der Waals surface area contributed by atoms with E-state index in [1.807, 2.05) is 22.6 Å². The molecule has 0 unspecified atom stereocenters. The predicted octanol–water partition coefficient (Wildman–Crippen LogP) is 3.15. The van der Waals surface area contributed by atoms with Gasteiger partial charge in [-0.1, -0.05) is 0 Å². The Morgan fingerprint density at radius 1 is 1.45 bits per heavy atom. The monoisotopic (exact) mass is 394 g/mol. The van der Waals surface area contributed by atoms with Crippen molar-refractivity contribution in [2.24, 2.45) is 0 Å². The summed E-state index contributed by atoms with van der Waals surface area (Å²) in [5, 5.41) is 11.8. The molecule has 0 saturated carbocycles. The van der Waals surface area contributed by atoms with Crippen LogP contribution in [-0.2, 0) is 4.79 Å². The minimum absolute atomic E-state index is 0.239. The Morgan fingerprint density at radius 2 is 2.05 bits per heavy atom. The topological polar surface area (TPSA) is 69.6 Å². The van der Waals surface area contributed by atoms with Crippen LogP contribution in [0.15, 0.2) is 18.2 Å². The van der Waals surface area contributed by atoms with Crippen LogP contribution in [0.2, 0.25) is 0 Å². The third kappa shape index (κ3) is 3.59. The molecule has 0 aliphatic carbocycles. The number of carboxylic acids is 1. The van der Waals surface area contributed by atoms with Crippen LogP contribution < -0.4 is 5.32 Å². The zero-order chi connectivity index (χ0) is 15.5. The van der Waals surface area contributed by atoms with Crippen molar-refractivity contribution in [3.8, 4) is 0 Å². The first-order valence-electron chi connectivity index (χ1n) is 5.97. The number of hydrogen-bond donors (Lipinski definition) is 2. The number of urea groups is 1. The van der Waals surface area contributed by atoms with Crippen LogP contribution in [0.4, 0.5) is 14.9 Å². The molecular formula is C13H16FIN2O3. The summed E-state index contributed by atoms with van der Waals surface area (Å²) in [4.78, 5) is 24.6. The summed E-state index contributed by atoms with van der Waals surface area (Å²) in [7, 11) is 0. The predicted molar refractivity (Wildman–Crippen MR) is 82.2 cm³/mol. The van der Waals surface area contributed by atoms with Crippen LogP contribution in [0.5, 0.6) is 0 Å². The van der Waals surface area contributed by atoms with E-state index in [0.717, 1.165) is 0 Å². The van der Waals surface area contributed by atoms with Crippen molar-refractivity contribution >= 4 is 40.3 Å². The molecule has 1 rings (SSSR count). The molecule has 0 spiro atoms. The van der Waals surface area contributed by atoms with E-state index in [9.17, 15) is 19.1 Å². The van der Waals surface area contributed by atoms with Crippen molar-refractivity contribution in [3.05, 3.63) is 27.6 Å². The maximum atomic E-state index is 13.0. The lowest BCUT2D eigenvalue weighted by Gasteiger charge is -2.34. The van der Waals surface area contributed by atoms with Crippen molar-refractivity contribution in [1.29, 1.82) is 0 Å². The molecular weight excluding hydrogens is 378 g/mol. The second-order valence-electron chi connectivity index (χ2n) is 4.66. The minimum Gasteiger partial charge on any atom is -0.480 e. The highest BCUT2D eigenvalue weighted by Crippen LogP contribution is 2.21. The highest BCUT2D eigenvalue weighted by atomic mass is 127. The lowest BCUT2D eigenvalue weighted by molar-refractivity contribution is -0.147. The van der Waals surface area contributed by atoms with Gasteiger partial charge in [-0.3, -0.25) is 0 Å². The van der Waals surface area contributed by atoms with Gasteiger partial charge in [0.2, 0.25) is 0 Å². The highest BCUT2D eigenvalue weighted by molar-refractivity contribution is 14.1. The van der Waals surface area contributed by atoms with Gasteiger partial charge in [-0.2, -0.15) is 0 Å². The molecule has 0 fully saturated rings. The van der Waals surface area contributed by atoms with E-state index in [1.165, 1.54) is 36.9 Å². The van der Waals surface area contributed by atoms with Gasteiger partial charge < -0.3 is 15.3 Å². The SMILES string of the molecule is CCN(C(=O)Nc1ccc(F)cc1I)C(C)(C)C(=O)O. The molecule has 1 aromatic rings. The van der Waals surface area contributed by atoms with Crippen LogP contribution in [0, 0.1) is 9.39 Å². The molecule has 0 heterocycles. The highest BCUT2D eigenvalue weighted by Gasteiger charge is 2.37. The van der Waals surface area contributed by atoms with Crippen molar-refractivity contribution in [2.75, 3.05) is 11.9 Å². The Kier molecular flexibility index (Phi) is 5.32. The molecule has 0 aromatic heterocycles. The molecule has 5 nitrogen and oxygen atoms in total. The fourth-order valence-corrected chi connectivity index (χ4v) is 2.29. The maximum Gasteiger partial charge on any atom is 0.329 e. The van der Waals surface area contributed by atoms with Gasteiger partial charge >= 0.3 is 12.0 Å². The van der Waals surface area contributed by atoms with Crippen LogP contribution in [0.1, 0.15) is 20.8 Å². The van der Waals surface area contributed by atoms with Gasteiger partial charge in [-0.15, -0.1) is 0 Å². The first-order chi connectivity index (χ1) is 9.20. The Morgan fingerprint density at radius 3 is 2.50 bits per heavy atom. The molecule has 110 valence electrons. The molecule has 0 aliphatic heterocycles. The summed E-state index contributed by atoms with van der Waals surface area (Å²) in [5.41, 5.74) is -0.888. The van der Waals surface area contributed by atoms with Crippen molar-refractivity contribution in [1.82, 2.24) is 4.90 Å². The molecule has 0 radical (unpaired) electrons. The zero-order valence-electron chi connectivity index (χ0n) is 11.4. The average Bonchev–Trinajstić information content (AvgIpc) is 2.33. The lowest BCUT2D eigenvalue weighted by atomic mass is 10.0. The first kappa shape index (κ1) is 16.7. The largest absolute Gasteiger partial charge is 0.480 e. The Labute approximate surface area is 130 Å². The third-order valence-corrected chi connectivity index (χ3v) is 3.82. The van der Waals surface area contributed by atoms with Crippen molar-refractivity contribution < 1.29 is 19.1 Å². The number of carbonyl (C=O) groups excluding carboxylic acids is 1. The normalized spacial score (nSPS) is 11.1. The van der Waals surface area contributed by atoms with Crippen molar-refractivity contribution in [3.63, 3.8) is 0 Å². The lowest BCUT2D eigenvalue weighted by Crippen LogP contribution is -2.54. The molecule has 1 aromatic carbocycles. The van der Waals surface area contributed by atoms with E-state index < -0.39 is 23.4 Å². The van der Waals surface area contributed by atoms with Crippen molar-refractivity contribution in [2.45, 2.75) is 26.3 Å². The number of carboxylic acid groups (broad SMARTS) is 1. The van der Waals surface area contributed by atoms with Crippen LogP contribution in [0.3, 0.4) is 0 Å². The first-order valence-corrected chi connectivity index (χ1v) is 7.05. The van der Waals surface area contributed by atoms with Gasteiger partial charge in [-0.25, -0.2) is 14.0 Å². The van der Waals surface area contributed by atoms with Crippen LogP contribution in [0.25, 0.3) is 0 Å². The Hall–Kier alpha value is -1.38. The average molecular weight is 394 g/mol. The number of rotatable bonds is 4. The van der Waals surface area contributed by atoms with E-state index in [2.05, 4.69) is 5.32 Å². The third-order valence-electron chi connectivity index (χ3n) is 2.93. The number of anilines is 1. The summed E-state index contributed by atoms with van der Waals surface area (Å²) in [5.74, 6) is -1.49. The number of nitrogens with one attached hydrogen (secondary N) is 1. The number of benzene rings is 1. The smallest absolute Gasteiger partial charge is 0.329 e. The molecule has 2 amide bonds. The van der Waals surface area contributed by atoms with Gasteiger partial charge in [0.05, 0.1) is 5.69 Å². The van der Waals surface area contributed by atoms with Gasteiger partial charge in [0.1, 0.15) is 11.4 Å². The Balaban J connectivity index is 2.96. The van der Waals surface area contributed by atoms with Gasteiger partial charge in [-0.05, 0) is 61.6 Å². The summed E-state index contributed by atoms with van der Waals surface area (Å²) in [6, 6.07) is 3.42. The summed E-state index contributed by atoms with van der Waals surface area (Å²) in [6.45, 7) is 4.84. The van der Waals surface area contributed by atoms with E-state index >= 15 is 0 Å².